The van der Waals surface area contributed by atoms with Gasteiger partial charge in [-0.1, -0.05) is 13.8 Å². The maximum atomic E-state index is 12.1. The molecule has 0 saturated carbocycles. The second kappa shape index (κ2) is 5.17. The molecule has 1 N–H and O–H groups in total. The number of nitrogens with zero attached hydrogens (tertiary/aromatic N) is 1. The normalized spacial score (nSPS) is 30.3. The van der Waals surface area contributed by atoms with Crippen LogP contribution in [0.3, 0.4) is 0 Å². The van der Waals surface area contributed by atoms with E-state index in [0.29, 0.717) is 30.3 Å². The summed E-state index contributed by atoms with van der Waals surface area (Å²) in [5.74, 6) is 0.844. The predicted molar refractivity (Wildman–Crippen MR) is 65.2 cm³/mol. The Morgan fingerprint density at radius 3 is 2.81 bits per heavy atom. The van der Waals surface area contributed by atoms with Crippen molar-refractivity contribution in [2.75, 3.05) is 13.1 Å². The fourth-order valence-electron chi connectivity index (χ4n) is 3.03. The highest BCUT2D eigenvalue weighted by Gasteiger charge is 2.35. The van der Waals surface area contributed by atoms with Gasteiger partial charge in [0.2, 0.25) is 5.91 Å². The summed E-state index contributed by atoms with van der Waals surface area (Å²) in [6.45, 7) is 6.36. The van der Waals surface area contributed by atoms with Gasteiger partial charge in [0.05, 0.1) is 0 Å². The predicted octanol–water partition coefficient (Wildman–Crippen LogP) is 1.78. The highest BCUT2D eigenvalue weighted by Crippen LogP contribution is 2.25. The lowest BCUT2D eigenvalue weighted by Gasteiger charge is -2.30. The topological polar surface area (TPSA) is 32.3 Å². The minimum absolute atomic E-state index is 0.367. The molecule has 3 nitrogen and oxygen atoms in total. The Bertz CT molecular complexity index is 246. The summed E-state index contributed by atoms with van der Waals surface area (Å²) in [4.78, 5) is 14.3. The first-order valence-electron chi connectivity index (χ1n) is 6.71. The van der Waals surface area contributed by atoms with Gasteiger partial charge in [0.25, 0.3) is 0 Å². The molecule has 0 aromatic carbocycles. The third-order valence-corrected chi connectivity index (χ3v) is 3.77. The third kappa shape index (κ3) is 2.57. The van der Waals surface area contributed by atoms with Gasteiger partial charge in [-0.3, -0.25) is 4.79 Å². The van der Waals surface area contributed by atoms with Crippen molar-refractivity contribution in [3.63, 3.8) is 0 Å². The van der Waals surface area contributed by atoms with Crippen LogP contribution in [-0.4, -0.2) is 36.0 Å². The molecule has 0 aliphatic carbocycles. The fraction of sp³-hybridized carbons (Fsp3) is 0.923. The summed E-state index contributed by atoms with van der Waals surface area (Å²) >= 11 is 0. The first-order valence-corrected chi connectivity index (χ1v) is 6.71. The van der Waals surface area contributed by atoms with E-state index in [1.165, 1.54) is 25.7 Å². The minimum Gasteiger partial charge on any atom is -0.338 e. The molecule has 16 heavy (non-hydrogen) atoms. The molecular weight excluding hydrogens is 200 g/mol. The maximum absolute atomic E-state index is 12.1. The van der Waals surface area contributed by atoms with E-state index in [1.807, 2.05) is 0 Å². The van der Waals surface area contributed by atoms with Crippen molar-refractivity contribution in [2.45, 2.75) is 58.0 Å². The lowest BCUT2D eigenvalue weighted by molar-refractivity contribution is -0.133. The first kappa shape index (κ1) is 11.9. The average Bonchev–Trinajstić information content (AvgIpc) is 2.87. The third-order valence-electron chi connectivity index (χ3n) is 3.77. The van der Waals surface area contributed by atoms with Crippen molar-refractivity contribution < 1.29 is 4.79 Å². The molecule has 2 saturated heterocycles. The van der Waals surface area contributed by atoms with E-state index in [9.17, 15) is 4.79 Å². The molecule has 2 unspecified atom stereocenters. The summed E-state index contributed by atoms with van der Waals surface area (Å²) in [7, 11) is 0. The second-order valence-electron chi connectivity index (χ2n) is 5.60. The Morgan fingerprint density at radius 2 is 2.19 bits per heavy atom. The standard InChI is InChI=1S/C13H24N2O/c1-10(2)9-13(16)15-8-4-6-12(15)11-5-3-7-14-11/h10-12,14H,3-9H2,1-2H3. The Kier molecular flexibility index (Phi) is 3.85. The number of carbonyl (C=O) groups excluding carboxylic acids is 1. The molecule has 0 aromatic rings. The van der Waals surface area contributed by atoms with Gasteiger partial charge in [-0.05, 0) is 38.1 Å². The molecule has 2 aliphatic heterocycles. The van der Waals surface area contributed by atoms with Gasteiger partial charge in [-0.25, -0.2) is 0 Å². The van der Waals surface area contributed by atoms with E-state index < -0.39 is 0 Å². The van der Waals surface area contributed by atoms with Crippen LogP contribution in [0, 0.1) is 5.92 Å². The monoisotopic (exact) mass is 224 g/mol. The molecule has 0 bridgehead atoms. The molecule has 0 spiro atoms. The van der Waals surface area contributed by atoms with E-state index in [2.05, 4.69) is 24.1 Å². The smallest absolute Gasteiger partial charge is 0.223 e. The van der Waals surface area contributed by atoms with Crippen LogP contribution < -0.4 is 5.32 Å². The Morgan fingerprint density at radius 1 is 1.38 bits per heavy atom. The highest BCUT2D eigenvalue weighted by molar-refractivity contribution is 5.77. The molecule has 2 atom stereocenters. The van der Waals surface area contributed by atoms with Gasteiger partial charge in [0.1, 0.15) is 0 Å². The Hall–Kier alpha value is -0.570. The molecule has 2 rings (SSSR count). The summed E-state index contributed by atoms with van der Waals surface area (Å²) in [5, 5.41) is 3.54. The Balaban J connectivity index is 1.94. The molecular formula is C13H24N2O. The lowest BCUT2D eigenvalue weighted by atomic mass is 10.0. The molecule has 92 valence electrons. The van der Waals surface area contributed by atoms with Crippen molar-refractivity contribution >= 4 is 5.91 Å². The first-order chi connectivity index (χ1) is 7.68. The van der Waals surface area contributed by atoms with Gasteiger partial charge in [0.15, 0.2) is 0 Å². The van der Waals surface area contributed by atoms with E-state index in [-0.39, 0.29) is 0 Å². The van der Waals surface area contributed by atoms with Crippen molar-refractivity contribution in [2.24, 2.45) is 5.92 Å². The Labute approximate surface area is 98.6 Å². The van der Waals surface area contributed by atoms with Crippen molar-refractivity contribution in [1.29, 1.82) is 0 Å². The number of hydrogen-bond acceptors (Lipinski definition) is 2. The zero-order valence-electron chi connectivity index (χ0n) is 10.5. The second-order valence-corrected chi connectivity index (χ2v) is 5.60. The van der Waals surface area contributed by atoms with Crippen LogP contribution in [-0.2, 0) is 4.79 Å². The number of hydrogen-bond donors (Lipinski definition) is 1. The molecule has 2 aliphatic rings. The summed E-state index contributed by atoms with van der Waals surface area (Å²) in [6.07, 6.45) is 5.61. The molecule has 0 radical (unpaired) electrons. The summed E-state index contributed by atoms with van der Waals surface area (Å²) in [6, 6.07) is 1.05. The molecule has 3 heteroatoms. The van der Waals surface area contributed by atoms with E-state index >= 15 is 0 Å². The summed E-state index contributed by atoms with van der Waals surface area (Å²) < 4.78 is 0. The van der Waals surface area contributed by atoms with E-state index in [1.54, 1.807) is 0 Å². The van der Waals surface area contributed by atoms with Gasteiger partial charge < -0.3 is 10.2 Å². The zero-order chi connectivity index (χ0) is 11.5. The zero-order valence-corrected chi connectivity index (χ0v) is 10.5. The summed E-state index contributed by atoms with van der Waals surface area (Å²) in [5.41, 5.74) is 0. The average molecular weight is 224 g/mol. The van der Waals surface area contributed by atoms with Crippen molar-refractivity contribution in [3.05, 3.63) is 0 Å². The maximum Gasteiger partial charge on any atom is 0.223 e. The molecule has 0 aromatic heterocycles. The number of likely N-dealkylation sites (tertiary alicyclic amines) is 1. The largest absolute Gasteiger partial charge is 0.338 e. The van der Waals surface area contributed by atoms with Crippen LogP contribution in [0.25, 0.3) is 0 Å². The minimum atomic E-state index is 0.367. The number of nitrogens with one attached hydrogen (secondary N) is 1. The van der Waals surface area contributed by atoms with Crippen molar-refractivity contribution in [3.8, 4) is 0 Å². The van der Waals surface area contributed by atoms with Crippen LogP contribution in [0.15, 0.2) is 0 Å². The molecule has 2 heterocycles. The lowest BCUT2D eigenvalue weighted by Crippen LogP contribution is -2.46. The van der Waals surface area contributed by atoms with Gasteiger partial charge in [0, 0.05) is 25.0 Å². The van der Waals surface area contributed by atoms with E-state index in [0.717, 1.165) is 13.1 Å². The van der Waals surface area contributed by atoms with Crippen LogP contribution in [0.1, 0.15) is 46.0 Å². The fourth-order valence-corrected chi connectivity index (χ4v) is 3.03. The van der Waals surface area contributed by atoms with Crippen molar-refractivity contribution in [1.82, 2.24) is 10.2 Å². The van der Waals surface area contributed by atoms with E-state index in [4.69, 9.17) is 0 Å². The number of carbonyl (C=O) groups is 1. The highest BCUT2D eigenvalue weighted by atomic mass is 16.2. The SMILES string of the molecule is CC(C)CC(=O)N1CCCC1C1CCCN1. The van der Waals surface area contributed by atoms with Crippen LogP contribution in [0.4, 0.5) is 0 Å². The molecule has 2 fully saturated rings. The van der Waals surface area contributed by atoms with Gasteiger partial charge in [-0.15, -0.1) is 0 Å². The quantitative estimate of drug-likeness (QED) is 0.792. The van der Waals surface area contributed by atoms with Gasteiger partial charge in [-0.2, -0.15) is 0 Å². The number of rotatable bonds is 3. The van der Waals surface area contributed by atoms with Crippen LogP contribution >= 0.6 is 0 Å². The van der Waals surface area contributed by atoms with Crippen LogP contribution in [0.2, 0.25) is 0 Å². The number of amides is 1. The van der Waals surface area contributed by atoms with Crippen LogP contribution in [0.5, 0.6) is 0 Å². The van der Waals surface area contributed by atoms with Gasteiger partial charge >= 0.3 is 0 Å². The molecule has 1 amide bonds.